The predicted octanol–water partition coefficient (Wildman–Crippen LogP) is 4.08. The van der Waals surface area contributed by atoms with Gasteiger partial charge in [0.15, 0.2) is 0 Å². The first-order valence-corrected chi connectivity index (χ1v) is 6.40. The van der Waals surface area contributed by atoms with Gasteiger partial charge in [-0.05, 0) is 52.6 Å². The van der Waals surface area contributed by atoms with Crippen LogP contribution < -0.4 is 4.74 Å². The molecule has 14 heavy (non-hydrogen) atoms. The summed E-state index contributed by atoms with van der Waals surface area (Å²) in [5, 5.41) is 1.33. The van der Waals surface area contributed by atoms with Crippen LogP contribution in [0.3, 0.4) is 0 Å². The van der Waals surface area contributed by atoms with Crippen molar-refractivity contribution in [2.45, 2.75) is 13.3 Å². The van der Waals surface area contributed by atoms with Gasteiger partial charge in [0.2, 0.25) is 0 Å². The van der Waals surface area contributed by atoms with E-state index in [1.54, 1.807) is 7.11 Å². The van der Waals surface area contributed by atoms with E-state index in [9.17, 15) is 0 Å². The lowest BCUT2D eigenvalue weighted by Gasteiger charge is -2.06. The molecule has 2 rings (SSSR count). The summed E-state index contributed by atoms with van der Waals surface area (Å²) < 4.78 is 8.06. The number of fused-ring (bicyclic) bond motifs is 1. The summed E-state index contributed by atoms with van der Waals surface area (Å²) in [6.45, 7) is 2.17. The Bertz CT molecular complexity index is 462. The number of thiophene rings is 1. The molecule has 1 aromatic heterocycles. The molecule has 3 heteroatoms. The van der Waals surface area contributed by atoms with E-state index in [2.05, 4.69) is 47.7 Å². The first kappa shape index (κ1) is 10.2. The second-order valence-electron chi connectivity index (χ2n) is 3.07. The van der Waals surface area contributed by atoms with E-state index >= 15 is 0 Å². The van der Waals surface area contributed by atoms with Gasteiger partial charge in [-0.25, -0.2) is 0 Å². The van der Waals surface area contributed by atoms with Crippen LogP contribution in [0.1, 0.15) is 12.5 Å². The highest BCUT2D eigenvalue weighted by atomic mass is 127. The highest BCUT2D eigenvalue weighted by Gasteiger charge is 2.08. The van der Waals surface area contributed by atoms with Crippen LogP contribution in [0.25, 0.3) is 10.1 Å². The number of aryl methyl sites for hydroxylation is 1. The van der Waals surface area contributed by atoms with Crippen molar-refractivity contribution in [2.24, 2.45) is 0 Å². The van der Waals surface area contributed by atoms with Gasteiger partial charge < -0.3 is 4.74 Å². The molecule has 2 aromatic rings. The fraction of sp³-hybridized carbons (Fsp3) is 0.273. The van der Waals surface area contributed by atoms with Crippen LogP contribution in [0.2, 0.25) is 0 Å². The molecule has 0 N–H and O–H groups in total. The quantitative estimate of drug-likeness (QED) is 0.758. The van der Waals surface area contributed by atoms with Crippen LogP contribution in [0.15, 0.2) is 18.2 Å². The number of hydrogen-bond donors (Lipinski definition) is 0. The monoisotopic (exact) mass is 318 g/mol. The van der Waals surface area contributed by atoms with E-state index in [4.69, 9.17) is 4.74 Å². The van der Waals surface area contributed by atoms with Crippen LogP contribution in [0, 0.1) is 2.88 Å². The van der Waals surface area contributed by atoms with E-state index < -0.39 is 0 Å². The first-order valence-electron chi connectivity index (χ1n) is 4.51. The highest BCUT2D eigenvalue weighted by Crippen LogP contribution is 2.35. The summed E-state index contributed by atoms with van der Waals surface area (Å²) >= 11 is 4.21. The van der Waals surface area contributed by atoms with Gasteiger partial charge in [0, 0.05) is 10.3 Å². The number of ether oxygens (including phenoxy) is 1. The third-order valence-electron chi connectivity index (χ3n) is 2.29. The zero-order valence-electron chi connectivity index (χ0n) is 8.13. The van der Waals surface area contributed by atoms with E-state index in [1.165, 1.54) is 18.5 Å². The van der Waals surface area contributed by atoms with Crippen molar-refractivity contribution in [2.75, 3.05) is 7.11 Å². The summed E-state index contributed by atoms with van der Waals surface area (Å²) in [7, 11) is 1.74. The minimum absolute atomic E-state index is 1.01. The van der Waals surface area contributed by atoms with E-state index in [1.807, 2.05) is 11.3 Å². The van der Waals surface area contributed by atoms with Gasteiger partial charge in [-0.1, -0.05) is 6.92 Å². The molecule has 0 aliphatic rings. The van der Waals surface area contributed by atoms with Crippen molar-refractivity contribution >= 4 is 44.0 Å². The molecule has 0 fully saturated rings. The minimum Gasteiger partial charge on any atom is -0.496 e. The van der Waals surface area contributed by atoms with Crippen molar-refractivity contribution in [3.63, 3.8) is 0 Å². The Balaban J connectivity index is 2.75. The maximum atomic E-state index is 5.36. The van der Waals surface area contributed by atoms with Crippen molar-refractivity contribution in [1.82, 2.24) is 0 Å². The zero-order valence-corrected chi connectivity index (χ0v) is 11.1. The Morgan fingerprint density at radius 2 is 2.21 bits per heavy atom. The average Bonchev–Trinajstić information content (AvgIpc) is 2.56. The van der Waals surface area contributed by atoms with E-state index in [0.29, 0.717) is 0 Å². The van der Waals surface area contributed by atoms with Crippen molar-refractivity contribution in [1.29, 1.82) is 0 Å². The van der Waals surface area contributed by atoms with Crippen LogP contribution >= 0.6 is 33.9 Å². The lowest BCUT2D eigenvalue weighted by Crippen LogP contribution is -1.89. The molecule has 0 saturated carbocycles. The van der Waals surface area contributed by atoms with Gasteiger partial charge in [-0.3, -0.25) is 0 Å². The van der Waals surface area contributed by atoms with Crippen LogP contribution in [-0.4, -0.2) is 7.11 Å². The standard InChI is InChI=1S/C11H11IOS/c1-3-8-9(13-2)5-4-7-6-10(12)14-11(7)8/h4-6H,3H2,1-2H3. The van der Waals surface area contributed by atoms with Gasteiger partial charge in [-0.15, -0.1) is 11.3 Å². The van der Waals surface area contributed by atoms with Crippen LogP contribution in [0.5, 0.6) is 5.75 Å². The molecule has 0 spiro atoms. The van der Waals surface area contributed by atoms with Gasteiger partial charge in [0.05, 0.1) is 9.99 Å². The summed E-state index contributed by atoms with van der Waals surface area (Å²) in [5.74, 6) is 1.01. The molecule has 0 aliphatic carbocycles. The molecule has 0 saturated heterocycles. The van der Waals surface area contributed by atoms with E-state index in [0.717, 1.165) is 12.2 Å². The highest BCUT2D eigenvalue weighted by molar-refractivity contribution is 14.1. The Hall–Kier alpha value is -0.290. The molecule has 0 bridgehead atoms. The van der Waals surface area contributed by atoms with Gasteiger partial charge in [0.25, 0.3) is 0 Å². The summed E-state index contributed by atoms with van der Waals surface area (Å²) in [4.78, 5) is 0. The third-order valence-corrected chi connectivity index (χ3v) is 4.26. The minimum atomic E-state index is 1.01. The summed E-state index contributed by atoms with van der Waals surface area (Å²) in [6.07, 6.45) is 1.02. The van der Waals surface area contributed by atoms with Gasteiger partial charge in [0.1, 0.15) is 5.75 Å². The van der Waals surface area contributed by atoms with Crippen molar-refractivity contribution < 1.29 is 4.74 Å². The SMILES string of the molecule is CCc1c(OC)ccc2cc(I)sc12. The predicted molar refractivity (Wildman–Crippen MR) is 70.5 cm³/mol. The first-order chi connectivity index (χ1) is 6.76. The Morgan fingerprint density at radius 3 is 2.86 bits per heavy atom. The van der Waals surface area contributed by atoms with E-state index in [-0.39, 0.29) is 0 Å². The van der Waals surface area contributed by atoms with Gasteiger partial charge in [-0.2, -0.15) is 0 Å². The molecule has 0 unspecified atom stereocenters. The Morgan fingerprint density at radius 1 is 1.43 bits per heavy atom. The van der Waals surface area contributed by atoms with Crippen LogP contribution in [0.4, 0.5) is 0 Å². The van der Waals surface area contributed by atoms with Crippen molar-refractivity contribution in [3.8, 4) is 5.75 Å². The fourth-order valence-electron chi connectivity index (χ4n) is 1.64. The molecule has 0 atom stereocenters. The molecule has 1 aromatic carbocycles. The molecular formula is C11H11IOS. The second-order valence-corrected chi connectivity index (χ2v) is 6.02. The Labute approximate surface area is 101 Å². The Kier molecular flexibility index (Phi) is 2.97. The molecule has 0 radical (unpaired) electrons. The molecule has 0 amide bonds. The molecule has 1 nitrogen and oxygen atoms in total. The molecular weight excluding hydrogens is 307 g/mol. The second kappa shape index (κ2) is 4.06. The number of rotatable bonds is 2. The lowest BCUT2D eigenvalue weighted by molar-refractivity contribution is 0.411. The van der Waals surface area contributed by atoms with Gasteiger partial charge >= 0.3 is 0 Å². The maximum Gasteiger partial charge on any atom is 0.123 e. The number of methoxy groups -OCH3 is 1. The smallest absolute Gasteiger partial charge is 0.123 e. The normalized spacial score (nSPS) is 10.8. The number of hydrogen-bond acceptors (Lipinski definition) is 2. The molecule has 74 valence electrons. The largest absolute Gasteiger partial charge is 0.496 e. The lowest BCUT2D eigenvalue weighted by atomic mass is 10.1. The topological polar surface area (TPSA) is 9.23 Å². The number of benzene rings is 1. The fourth-order valence-corrected chi connectivity index (χ4v) is 3.63. The summed E-state index contributed by atoms with van der Waals surface area (Å²) in [6, 6.07) is 6.41. The van der Waals surface area contributed by atoms with Crippen molar-refractivity contribution in [3.05, 3.63) is 26.6 Å². The van der Waals surface area contributed by atoms with Crippen LogP contribution in [-0.2, 0) is 6.42 Å². The third kappa shape index (κ3) is 1.63. The molecule has 1 heterocycles. The molecule has 0 aliphatic heterocycles. The maximum absolute atomic E-state index is 5.36. The average molecular weight is 318 g/mol. The zero-order chi connectivity index (χ0) is 10.1. The number of halogens is 1. The summed E-state index contributed by atoms with van der Waals surface area (Å²) in [5.41, 5.74) is 1.33.